The molecule has 0 radical (unpaired) electrons. The standard InChI is InChI=1S/C18H27N3O/c1-18(2,3)21-10-7-14(8-11-21)9-12-22-17-6-4-5-16(20)15(17)13-19/h4-6,14H,7-12,20H2,1-3H3. The second kappa shape index (κ2) is 7.02. The molecular formula is C18H27N3O. The summed E-state index contributed by atoms with van der Waals surface area (Å²) in [7, 11) is 0. The van der Waals surface area contributed by atoms with Crippen molar-refractivity contribution in [3.8, 4) is 11.8 Å². The molecule has 120 valence electrons. The highest BCUT2D eigenvalue weighted by molar-refractivity contribution is 5.60. The SMILES string of the molecule is CC(C)(C)N1CCC(CCOc2cccc(N)c2C#N)CC1. The van der Waals surface area contributed by atoms with Crippen LogP contribution in [-0.2, 0) is 0 Å². The quantitative estimate of drug-likeness (QED) is 0.866. The van der Waals surface area contributed by atoms with Crippen molar-refractivity contribution in [3.63, 3.8) is 0 Å². The van der Waals surface area contributed by atoms with Gasteiger partial charge in [-0.05, 0) is 71.2 Å². The van der Waals surface area contributed by atoms with E-state index in [0.717, 1.165) is 19.5 Å². The molecule has 1 fully saturated rings. The highest BCUT2D eigenvalue weighted by atomic mass is 16.5. The molecule has 0 spiro atoms. The summed E-state index contributed by atoms with van der Waals surface area (Å²) in [6, 6.07) is 7.49. The molecule has 0 aromatic heterocycles. The molecule has 2 N–H and O–H groups in total. The van der Waals surface area contributed by atoms with E-state index in [0.29, 0.717) is 29.5 Å². The van der Waals surface area contributed by atoms with E-state index in [2.05, 4.69) is 31.7 Å². The first-order valence-electron chi connectivity index (χ1n) is 8.08. The van der Waals surface area contributed by atoms with Crippen molar-refractivity contribution < 1.29 is 4.74 Å². The van der Waals surface area contributed by atoms with Crippen LogP contribution in [0.25, 0.3) is 0 Å². The second-order valence-electron chi connectivity index (χ2n) is 7.07. The number of likely N-dealkylation sites (tertiary alicyclic amines) is 1. The van der Waals surface area contributed by atoms with E-state index < -0.39 is 0 Å². The number of hydrogen-bond acceptors (Lipinski definition) is 4. The average molecular weight is 301 g/mol. The van der Waals surface area contributed by atoms with Crippen LogP contribution in [0.3, 0.4) is 0 Å². The normalized spacial score (nSPS) is 17.2. The molecule has 0 bridgehead atoms. The van der Waals surface area contributed by atoms with Crippen LogP contribution in [0.15, 0.2) is 18.2 Å². The van der Waals surface area contributed by atoms with E-state index >= 15 is 0 Å². The third-order valence-electron chi connectivity index (χ3n) is 4.52. The van der Waals surface area contributed by atoms with Crippen molar-refractivity contribution in [2.75, 3.05) is 25.4 Å². The molecule has 0 saturated carbocycles. The van der Waals surface area contributed by atoms with E-state index in [1.165, 1.54) is 12.8 Å². The lowest BCUT2D eigenvalue weighted by Gasteiger charge is -2.40. The van der Waals surface area contributed by atoms with Crippen LogP contribution in [0.4, 0.5) is 5.69 Å². The van der Waals surface area contributed by atoms with Gasteiger partial charge in [0.25, 0.3) is 0 Å². The number of rotatable bonds is 4. The van der Waals surface area contributed by atoms with Gasteiger partial charge in [0.15, 0.2) is 0 Å². The number of anilines is 1. The molecule has 1 aromatic carbocycles. The molecule has 0 unspecified atom stereocenters. The second-order valence-corrected chi connectivity index (χ2v) is 7.07. The summed E-state index contributed by atoms with van der Waals surface area (Å²) in [4.78, 5) is 2.55. The van der Waals surface area contributed by atoms with Crippen LogP contribution < -0.4 is 10.5 Å². The largest absolute Gasteiger partial charge is 0.492 e. The van der Waals surface area contributed by atoms with Gasteiger partial charge >= 0.3 is 0 Å². The minimum atomic E-state index is 0.269. The summed E-state index contributed by atoms with van der Waals surface area (Å²) in [6.45, 7) is 9.81. The number of nitrogens with zero attached hydrogens (tertiary/aromatic N) is 2. The topological polar surface area (TPSA) is 62.3 Å². The lowest BCUT2D eigenvalue weighted by Crippen LogP contribution is -2.46. The van der Waals surface area contributed by atoms with Crippen LogP contribution >= 0.6 is 0 Å². The molecule has 0 atom stereocenters. The van der Waals surface area contributed by atoms with Crippen molar-refractivity contribution in [1.29, 1.82) is 5.26 Å². The number of ether oxygens (including phenoxy) is 1. The van der Waals surface area contributed by atoms with Crippen LogP contribution in [0.5, 0.6) is 5.75 Å². The molecular weight excluding hydrogens is 274 g/mol. The van der Waals surface area contributed by atoms with Gasteiger partial charge in [0.1, 0.15) is 17.4 Å². The summed E-state index contributed by atoms with van der Waals surface area (Å²) in [5.74, 6) is 1.32. The maximum Gasteiger partial charge on any atom is 0.139 e. The maximum absolute atomic E-state index is 9.14. The third-order valence-corrected chi connectivity index (χ3v) is 4.52. The predicted octanol–water partition coefficient (Wildman–Crippen LogP) is 3.42. The van der Waals surface area contributed by atoms with Crippen LogP contribution in [0.2, 0.25) is 0 Å². The third kappa shape index (κ3) is 4.14. The fourth-order valence-corrected chi connectivity index (χ4v) is 3.02. The monoisotopic (exact) mass is 301 g/mol. The summed E-state index contributed by atoms with van der Waals surface area (Å²) < 4.78 is 5.79. The van der Waals surface area contributed by atoms with Gasteiger partial charge in [0.2, 0.25) is 0 Å². The Morgan fingerprint density at radius 2 is 2.00 bits per heavy atom. The van der Waals surface area contributed by atoms with Crippen LogP contribution in [-0.4, -0.2) is 30.1 Å². The zero-order valence-electron chi connectivity index (χ0n) is 13.9. The summed E-state index contributed by atoms with van der Waals surface area (Å²) in [5.41, 5.74) is 7.00. The van der Waals surface area contributed by atoms with Crippen molar-refractivity contribution >= 4 is 5.69 Å². The number of piperidine rings is 1. The molecule has 1 heterocycles. The fraction of sp³-hybridized carbons (Fsp3) is 0.611. The first kappa shape index (κ1) is 16.6. The minimum absolute atomic E-state index is 0.269. The molecule has 0 aliphatic carbocycles. The highest BCUT2D eigenvalue weighted by Crippen LogP contribution is 2.27. The highest BCUT2D eigenvalue weighted by Gasteiger charge is 2.26. The van der Waals surface area contributed by atoms with E-state index in [9.17, 15) is 0 Å². The molecule has 1 aliphatic heterocycles. The summed E-state index contributed by atoms with van der Waals surface area (Å²) in [5, 5.41) is 9.14. The molecule has 4 heteroatoms. The number of nitriles is 1. The Balaban J connectivity index is 1.79. The van der Waals surface area contributed by atoms with Crippen molar-refractivity contribution in [3.05, 3.63) is 23.8 Å². The first-order chi connectivity index (χ1) is 10.4. The Hall–Kier alpha value is -1.73. The van der Waals surface area contributed by atoms with Gasteiger partial charge in [-0.15, -0.1) is 0 Å². The van der Waals surface area contributed by atoms with Gasteiger partial charge in [0.05, 0.1) is 12.3 Å². The van der Waals surface area contributed by atoms with E-state index in [4.69, 9.17) is 15.7 Å². The van der Waals surface area contributed by atoms with Gasteiger partial charge in [-0.25, -0.2) is 0 Å². The Bertz CT molecular complexity index is 534. The van der Waals surface area contributed by atoms with Crippen LogP contribution in [0.1, 0.15) is 45.6 Å². The minimum Gasteiger partial charge on any atom is -0.492 e. The van der Waals surface area contributed by atoms with Crippen molar-refractivity contribution in [2.24, 2.45) is 5.92 Å². The van der Waals surface area contributed by atoms with Crippen LogP contribution in [0, 0.1) is 17.2 Å². The molecule has 22 heavy (non-hydrogen) atoms. The zero-order chi connectivity index (χ0) is 16.2. The number of nitrogens with two attached hydrogens (primary N) is 1. The maximum atomic E-state index is 9.14. The van der Waals surface area contributed by atoms with Gasteiger partial charge < -0.3 is 10.5 Å². The Morgan fingerprint density at radius 1 is 1.32 bits per heavy atom. The van der Waals surface area contributed by atoms with Gasteiger partial charge in [-0.2, -0.15) is 5.26 Å². The molecule has 0 amide bonds. The lowest BCUT2D eigenvalue weighted by molar-refractivity contribution is 0.0811. The molecule has 4 nitrogen and oxygen atoms in total. The first-order valence-corrected chi connectivity index (χ1v) is 8.08. The van der Waals surface area contributed by atoms with Crippen molar-refractivity contribution in [1.82, 2.24) is 4.90 Å². The lowest BCUT2D eigenvalue weighted by atomic mass is 9.91. The Morgan fingerprint density at radius 3 is 2.59 bits per heavy atom. The Kier molecular flexibility index (Phi) is 5.31. The fourth-order valence-electron chi connectivity index (χ4n) is 3.02. The predicted molar refractivity (Wildman–Crippen MR) is 89.7 cm³/mol. The van der Waals surface area contributed by atoms with Gasteiger partial charge in [0, 0.05) is 5.54 Å². The van der Waals surface area contributed by atoms with E-state index in [1.54, 1.807) is 6.07 Å². The van der Waals surface area contributed by atoms with E-state index in [1.807, 2.05) is 12.1 Å². The molecule has 1 saturated heterocycles. The summed E-state index contributed by atoms with van der Waals surface area (Å²) in [6.07, 6.45) is 3.49. The number of hydrogen-bond donors (Lipinski definition) is 1. The number of nitrogen functional groups attached to an aromatic ring is 1. The number of benzene rings is 1. The molecule has 1 aromatic rings. The zero-order valence-corrected chi connectivity index (χ0v) is 13.9. The smallest absolute Gasteiger partial charge is 0.139 e. The van der Waals surface area contributed by atoms with E-state index in [-0.39, 0.29) is 5.54 Å². The van der Waals surface area contributed by atoms with Crippen molar-refractivity contribution in [2.45, 2.75) is 45.6 Å². The summed E-state index contributed by atoms with van der Waals surface area (Å²) >= 11 is 0. The average Bonchev–Trinajstić information content (AvgIpc) is 2.47. The molecule has 1 aliphatic rings. The van der Waals surface area contributed by atoms with Gasteiger partial charge in [-0.1, -0.05) is 6.07 Å². The molecule has 2 rings (SSSR count). The Labute approximate surface area is 133 Å². The van der Waals surface area contributed by atoms with Gasteiger partial charge in [-0.3, -0.25) is 4.90 Å².